The molecule has 0 bridgehead atoms. The number of rotatable bonds is 8. The fraction of sp³-hybridized carbons (Fsp3) is 0.348. The summed E-state index contributed by atoms with van der Waals surface area (Å²) in [7, 11) is 0. The van der Waals surface area contributed by atoms with Gasteiger partial charge in [0.1, 0.15) is 0 Å². The lowest BCUT2D eigenvalue weighted by Crippen LogP contribution is -2.50. The van der Waals surface area contributed by atoms with Crippen LogP contribution in [0.15, 0.2) is 65.2 Å². The van der Waals surface area contributed by atoms with E-state index in [0.717, 1.165) is 11.1 Å². The number of carbonyl (C=O) groups is 1. The molecule has 1 unspecified atom stereocenters. The lowest BCUT2D eigenvalue weighted by molar-refractivity contribution is -0.137. The van der Waals surface area contributed by atoms with Gasteiger partial charge in [-0.25, -0.2) is 0 Å². The van der Waals surface area contributed by atoms with Crippen LogP contribution in [0.25, 0.3) is 0 Å². The van der Waals surface area contributed by atoms with E-state index in [0.29, 0.717) is 44.4 Å². The van der Waals surface area contributed by atoms with Gasteiger partial charge in [-0.05, 0) is 18.1 Å². The first-order valence-corrected chi connectivity index (χ1v) is 9.98. The summed E-state index contributed by atoms with van der Waals surface area (Å²) in [6, 6.07) is 19.9. The summed E-state index contributed by atoms with van der Waals surface area (Å²) in [5.41, 5.74) is 2.18. The Morgan fingerprint density at radius 2 is 1.83 bits per heavy atom. The molecule has 0 radical (unpaired) electrons. The molecule has 6 heteroatoms. The van der Waals surface area contributed by atoms with Gasteiger partial charge < -0.3 is 14.2 Å². The number of hydrogen-bond acceptors (Lipinski definition) is 5. The zero-order valence-electron chi connectivity index (χ0n) is 16.5. The van der Waals surface area contributed by atoms with Gasteiger partial charge in [-0.3, -0.25) is 4.79 Å². The van der Waals surface area contributed by atoms with Crippen molar-refractivity contribution >= 4 is 5.91 Å². The Hall–Kier alpha value is -2.99. The molecule has 1 atom stereocenters. The van der Waals surface area contributed by atoms with Crippen molar-refractivity contribution in [3.63, 3.8) is 0 Å². The van der Waals surface area contributed by atoms with Crippen LogP contribution in [0, 0.1) is 0 Å². The molecule has 1 saturated heterocycles. The molecule has 1 aliphatic heterocycles. The molecule has 1 aromatic heterocycles. The summed E-state index contributed by atoms with van der Waals surface area (Å²) in [4.78, 5) is 19.0. The highest BCUT2D eigenvalue weighted by Gasteiger charge is 2.37. The molecule has 0 saturated carbocycles. The van der Waals surface area contributed by atoms with Crippen LogP contribution in [-0.2, 0) is 22.6 Å². The highest BCUT2D eigenvalue weighted by Crippen LogP contribution is 2.29. The third-order valence-electron chi connectivity index (χ3n) is 5.28. The van der Waals surface area contributed by atoms with Crippen LogP contribution in [0.4, 0.5) is 0 Å². The van der Waals surface area contributed by atoms with Gasteiger partial charge in [0, 0.05) is 19.5 Å². The molecular formula is C23H25N3O3. The Morgan fingerprint density at radius 1 is 1.14 bits per heavy atom. The van der Waals surface area contributed by atoms with Crippen LogP contribution in [0.1, 0.15) is 41.6 Å². The Labute approximate surface area is 170 Å². The number of likely N-dealkylation sites (tertiary alicyclic amines) is 1. The Balaban J connectivity index is 1.21. The Bertz CT molecular complexity index is 921. The van der Waals surface area contributed by atoms with Gasteiger partial charge in [0.2, 0.25) is 11.8 Å². The third kappa shape index (κ3) is 4.71. The molecule has 150 valence electrons. The number of ether oxygens (including phenoxy) is 1. The predicted molar refractivity (Wildman–Crippen MR) is 108 cm³/mol. The fourth-order valence-corrected chi connectivity index (χ4v) is 3.44. The van der Waals surface area contributed by atoms with Crippen molar-refractivity contribution in [2.75, 3.05) is 19.7 Å². The Morgan fingerprint density at radius 3 is 2.55 bits per heavy atom. The van der Waals surface area contributed by atoms with Crippen molar-refractivity contribution in [2.45, 2.75) is 31.8 Å². The monoisotopic (exact) mass is 391 g/mol. The fourth-order valence-electron chi connectivity index (χ4n) is 3.44. The first kappa shape index (κ1) is 19.3. The zero-order chi connectivity index (χ0) is 20.1. The van der Waals surface area contributed by atoms with E-state index in [9.17, 15) is 4.79 Å². The number of carbonyl (C=O) groups excluding carboxylic acids is 1. The lowest BCUT2D eigenvalue weighted by atomic mass is 9.94. The summed E-state index contributed by atoms with van der Waals surface area (Å²) >= 11 is 0. The van der Waals surface area contributed by atoms with E-state index in [2.05, 4.69) is 10.1 Å². The van der Waals surface area contributed by atoms with E-state index in [-0.39, 0.29) is 17.7 Å². The highest BCUT2D eigenvalue weighted by atomic mass is 16.5. The van der Waals surface area contributed by atoms with Crippen LogP contribution < -0.4 is 0 Å². The summed E-state index contributed by atoms with van der Waals surface area (Å²) in [6.45, 7) is 4.32. The molecule has 2 aromatic carbocycles. The summed E-state index contributed by atoms with van der Waals surface area (Å²) in [5.74, 6) is 1.38. The molecule has 1 amide bonds. The first-order valence-electron chi connectivity index (χ1n) is 9.98. The minimum atomic E-state index is -0.142. The summed E-state index contributed by atoms with van der Waals surface area (Å²) < 4.78 is 11.1. The van der Waals surface area contributed by atoms with Crippen LogP contribution in [0.3, 0.4) is 0 Å². The quantitative estimate of drug-likeness (QED) is 0.549. The van der Waals surface area contributed by atoms with E-state index >= 15 is 0 Å². The number of nitrogens with zero attached hydrogens (tertiary/aromatic N) is 3. The standard InChI is InChI=1S/C23H25N3O3/c1-17(19-10-6-3-7-11-19)23(27)26-14-20(15-26)22-24-21(25-29-22)12-13-28-16-18-8-4-2-5-9-18/h2-11,17,20H,12-16H2,1H3. The van der Waals surface area contributed by atoms with Crippen LogP contribution in [-0.4, -0.2) is 40.6 Å². The predicted octanol–water partition coefficient (Wildman–Crippen LogP) is 3.56. The smallest absolute Gasteiger partial charge is 0.233 e. The first-order chi connectivity index (χ1) is 14.2. The maximum atomic E-state index is 12.6. The number of aromatic nitrogens is 2. The van der Waals surface area contributed by atoms with Gasteiger partial charge in [0.15, 0.2) is 5.82 Å². The average Bonchev–Trinajstić information content (AvgIpc) is 3.19. The second-order valence-corrected chi connectivity index (χ2v) is 7.41. The van der Waals surface area contributed by atoms with Crippen LogP contribution in [0.5, 0.6) is 0 Å². The van der Waals surface area contributed by atoms with Gasteiger partial charge in [-0.15, -0.1) is 0 Å². The zero-order valence-corrected chi connectivity index (χ0v) is 16.5. The minimum absolute atomic E-state index is 0.119. The van der Waals surface area contributed by atoms with E-state index in [1.165, 1.54) is 0 Å². The van der Waals surface area contributed by atoms with Crippen LogP contribution in [0.2, 0.25) is 0 Å². The number of amides is 1. The molecule has 29 heavy (non-hydrogen) atoms. The molecule has 3 aromatic rings. The largest absolute Gasteiger partial charge is 0.376 e. The van der Waals surface area contributed by atoms with E-state index < -0.39 is 0 Å². The summed E-state index contributed by atoms with van der Waals surface area (Å²) in [6.07, 6.45) is 0.608. The van der Waals surface area contributed by atoms with Gasteiger partial charge in [0.25, 0.3) is 0 Å². The molecular weight excluding hydrogens is 366 g/mol. The van der Waals surface area contributed by atoms with E-state index in [1.54, 1.807) is 0 Å². The SMILES string of the molecule is CC(C(=O)N1CC(c2nc(CCOCc3ccccc3)no2)C1)c1ccccc1. The van der Waals surface area contributed by atoms with Crippen molar-refractivity contribution in [1.82, 2.24) is 15.0 Å². The molecule has 0 aliphatic carbocycles. The maximum absolute atomic E-state index is 12.6. The molecule has 6 nitrogen and oxygen atoms in total. The lowest BCUT2D eigenvalue weighted by Gasteiger charge is -2.38. The molecule has 2 heterocycles. The molecule has 1 aliphatic rings. The highest BCUT2D eigenvalue weighted by molar-refractivity contribution is 5.84. The van der Waals surface area contributed by atoms with Gasteiger partial charge >= 0.3 is 0 Å². The second kappa shape index (κ2) is 9.01. The topological polar surface area (TPSA) is 68.5 Å². The van der Waals surface area contributed by atoms with Crippen LogP contribution >= 0.6 is 0 Å². The number of benzene rings is 2. The molecule has 4 rings (SSSR count). The third-order valence-corrected chi connectivity index (χ3v) is 5.28. The normalized spacial score (nSPS) is 15.1. The minimum Gasteiger partial charge on any atom is -0.376 e. The van der Waals surface area contributed by atoms with Crippen molar-refractivity contribution in [2.24, 2.45) is 0 Å². The van der Waals surface area contributed by atoms with Gasteiger partial charge in [0.05, 0.1) is 25.0 Å². The average molecular weight is 391 g/mol. The molecule has 0 spiro atoms. The van der Waals surface area contributed by atoms with Gasteiger partial charge in [-0.2, -0.15) is 4.98 Å². The van der Waals surface area contributed by atoms with Crippen molar-refractivity contribution in [3.05, 3.63) is 83.5 Å². The van der Waals surface area contributed by atoms with E-state index in [4.69, 9.17) is 9.26 Å². The maximum Gasteiger partial charge on any atom is 0.233 e. The second-order valence-electron chi connectivity index (χ2n) is 7.41. The van der Waals surface area contributed by atoms with Crippen molar-refractivity contribution < 1.29 is 14.1 Å². The van der Waals surface area contributed by atoms with Gasteiger partial charge in [-0.1, -0.05) is 65.8 Å². The number of hydrogen-bond donors (Lipinski definition) is 0. The van der Waals surface area contributed by atoms with Crippen molar-refractivity contribution in [1.29, 1.82) is 0 Å². The summed E-state index contributed by atoms with van der Waals surface area (Å²) in [5, 5.41) is 4.05. The van der Waals surface area contributed by atoms with E-state index in [1.807, 2.05) is 72.5 Å². The molecule has 0 N–H and O–H groups in total. The molecule has 1 fully saturated rings. The van der Waals surface area contributed by atoms with Crippen molar-refractivity contribution in [3.8, 4) is 0 Å². The Kier molecular flexibility index (Phi) is 6.00.